The minimum atomic E-state index is -2.70. The van der Waals surface area contributed by atoms with Gasteiger partial charge in [-0.2, -0.15) is 0 Å². The number of hydrogen-bond acceptors (Lipinski definition) is 5. The van der Waals surface area contributed by atoms with Crippen molar-refractivity contribution in [3.05, 3.63) is 0 Å². The lowest BCUT2D eigenvalue weighted by molar-refractivity contribution is -0.144. The number of esters is 1. The Morgan fingerprint density at radius 1 is 1.10 bits per heavy atom. The maximum atomic E-state index is 12.0. The fourth-order valence-electron chi connectivity index (χ4n) is 1.73. The highest BCUT2D eigenvalue weighted by Crippen LogP contribution is 2.43. The van der Waals surface area contributed by atoms with E-state index in [4.69, 9.17) is 14.4 Å². The van der Waals surface area contributed by atoms with Crippen LogP contribution >= 0.6 is 7.37 Å². The summed E-state index contributed by atoms with van der Waals surface area (Å²) >= 11 is 0. The number of unbranched alkanes of at least 4 members (excludes halogenated alkanes) is 5. The van der Waals surface area contributed by atoms with E-state index in [1.165, 1.54) is 25.7 Å². The fraction of sp³-hybridized carbons (Fsp3) is 0.929. The molecule has 0 radical (unpaired) electrons. The highest BCUT2D eigenvalue weighted by Gasteiger charge is 2.18. The van der Waals surface area contributed by atoms with Gasteiger partial charge in [-0.05, 0) is 6.42 Å². The first kappa shape index (κ1) is 19.6. The first-order valence-electron chi connectivity index (χ1n) is 7.49. The molecule has 0 bridgehead atoms. The summed E-state index contributed by atoms with van der Waals surface area (Å²) in [4.78, 5) is 11.2. The zero-order valence-corrected chi connectivity index (χ0v) is 13.7. The fourth-order valence-corrected chi connectivity index (χ4v) is 2.96. The molecule has 0 aromatic carbocycles. The Kier molecular flexibility index (Phi) is 12.1. The van der Waals surface area contributed by atoms with Crippen molar-refractivity contribution in [3.8, 4) is 0 Å². The van der Waals surface area contributed by atoms with Crippen LogP contribution in [0.15, 0.2) is 0 Å². The molecule has 0 spiro atoms. The van der Waals surface area contributed by atoms with Crippen LogP contribution in [0.25, 0.3) is 0 Å². The monoisotopic (exact) mass is 308 g/mol. The van der Waals surface area contributed by atoms with Gasteiger partial charge in [0.1, 0.15) is 6.61 Å². The molecule has 5 nitrogen and oxygen atoms in total. The van der Waals surface area contributed by atoms with Crippen LogP contribution in [0.5, 0.6) is 0 Å². The molecule has 0 saturated heterocycles. The smallest absolute Gasteiger partial charge is 0.306 e. The molecule has 1 N–H and O–H groups in total. The summed E-state index contributed by atoms with van der Waals surface area (Å²) in [5, 5.41) is 8.51. The molecule has 0 amide bonds. The largest absolute Gasteiger partial charge is 0.463 e. The summed E-state index contributed by atoms with van der Waals surface area (Å²) < 4.78 is 22.1. The normalized spacial score (nSPS) is 13.9. The van der Waals surface area contributed by atoms with Crippen LogP contribution in [0.2, 0.25) is 0 Å². The molecule has 1 atom stereocenters. The van der Waals surface area contributed by atoms with Crippen molar-refractivity contribution in [1.82, 2.24) is 0 Å². The van der Waals surface area contributed by atoms with E-state index in [0.29, 0.717) is 6.61 Å². The summed E-state index contributed by atoms with van der Waals surface area (Å²) in [6, 6.07) is 0. The van der Waals surface area contributed by atoms with Crippen LogP contribution < -0.4 is 0 Å². The molecule has 0 aliphatic rings. The first-order chi connectivity index (χ1) is 9.52. The summed E-state index contributed by atoms with van der Waals surface area (Å²) in [5.74, 6) is -0.440. The van der Waals surface area contributed by atoms with Crippen molar-refractivity contribution in [3.63, 3.8) is 0 Å². The van der Waals surface area contributed by atoms with E-state index >= 15 is 0 Å². The Balaban J connectivity index is 3.58. The molecule has 0 saturated carbocycles. The number of hydrogen-bond donors (Lipinski definition) is 1. The lowest BCUT2D eigenvalue weighted by Crippen LogP contribution is -2.10. The molecular formula is C14H29O5P. The molecule has 0 rings (SSSR count). The summed E-state index contributed by atoms with van der Waals surface area (Å²) in [6.07, 6.45) is 7.22. The summed E-state index contributed by atoms with van der Waals surface area (Å²) in [6.45, 7) is 4.03. The second-order valence-electron chi connectivity index (χ2n) is 5.03. The zero-order valence-electron chi connectivity index (χ0n) is 12.8. The molecule has 120 valence electrons. The Bertz CT molecular complexity index is 293. The van der Waals surface area contributed by atoms with E-state index in [9.17, 15) is 9.36 Å². The van der Waals surface area contributed by atoms with Gasteiger partial charge in [0.15, 0.2) is 0 Å². The summed E-state index contributed by atoms with van der Waals surface area (Å²) in [7, 11) is -2.70. The highest BCUT2D eigenvalue weighted by molar-refractivity contribution is 7.58. The Morgan fingerprint density at radius 2 is 1.75 bits per heavy atom. The van der Waals surface area contributed by atoms with Crippen LogP contribution in [0, 0.1) is 0 Å². The average molecular weight is 308 g/mol. The Morgan fingerprint density at radius 3 is 2.40 bits per heavy atom. The van der Waals surface area contributed by atoms with Gasteiger partial charge in [-0.15, -0.1) is 0 Å². The van der Waals surface area contributed by atoms with Crippen LogP contribution in [0.3, 0.4) is 0 Å². The van der Waals surface area contributed by atoms with E-state index in [2.05, 4.69) is 6.92 Å². The molecule has 0 aromatic heterocycles. The van der Waals surface area contributed by atoms with Gasteiger partial charge in [0.25, 0.3) is 0 Å². The van der Waals surface area contributed by atoms with E-state index in [-0.39, 0.29) is 25.8 Å². The predicted octanol–water partition coefficient (Wildman–Crippen LogP) is 3.20. The molecule has 20 heavy (non-hydrogen) atoms. The third-order valence-electron chi connectivity index (χ3n) is 2.94. The first-order valence-corrected chi connectivity index (χ1v) is 9.75. The maximum absolute atomic E-state index is 12.0. The summed E-state index contributed by atoms with van der Waals surface area (Å²) in [5.41, 5.74) is 0. The second kappa shape index (κ2) is 12.4. The molecule has 6 heteroatoms. The highest BCUT2D eigenvalue weighted by atomic mass is 31.2. The van der Waals surface area contributed by atoms with Gasteiger partial charge in [-0.3, -0.25) is 9.36 Å². The van der Waals surface area contributed by atoms with Gasteiger partial charge >= 0.3 is 5.97 Å². The van der Waals surface area contributed by atoms with Gasteiger partial charge in [0.2, 0.25) is 7.37 Å². The molecule has 0 fully saturated rings. The van der Waals surface area contributed by atoms with Crippen LogP contribution in [-0.4, -0.2) is 43.7 Å². The minimum Gasteiger partial charge on any atom is -0.463 e. The number of rotatable bonds is 13. The van der Waals surface area contributed by atoms with Crippen LogP contribution in [0.4, 0.5) is 0 Å². The van der Waals surface area contributed by atoms with Gasteiger partial charge in [-0.1, -0.05) is 39.0 Å². The van der Waals surface area contributed by atoms with E-state index in [1.54, 1.807) is 6.66 Å². The second-order valence-corrected chi connectivity index (χ2v) is 7.77. The van der Waals surface area contributed by atoms with Gasteiger partial charge in [0, 0.05) is 12.8 Å². The Labute approximate surface area is 122 Å². The lowest BCUT2D eigenvalue weighted by Gasteiger charge is -2.13. The standard InChI is InChI=1S/C14H29O5P/c1-3-4-5-6-7-8-11-19-20(2,17)13-9-14(16)18-12-10-15/h15H,3-13H2,1-2H3. The van der Waals surface area contributed by atoms with Crippen molar-refractivity contribution in [2.75, 3.05) is 32.6 Å². The molecule has 1 unspecified atom stereocenters. The molecular weight excluding hydrogens is 279 g/mol. The third kappa shape index (κ3) is 12.6. The van der Waals surface area contributed by atoms with E-state index in [1.807, 2.05) is 0 Å². The number of carbonyl (C=O) groups excluding carboxylic acids is 1. The van der Waals surface area contributed by atoms with E-state index in [0.717, 1.165) is 12.8 Å². The maximum Gasteiger partial charge on any atom is 0.306 e. The topological polar surface area (TPSA) is 72.8 Å². The minimum absolute atomic E-state index is 0.00847. The molecule has 0 aliphatic heterocycles. The van der Waals surface area contributed by atoms with Crippen molar-refractivity contribution < 1.29 is 23.7 Å². The van der Waals surface area contributed by atoms with Crippen LogP contribution in [0.1, 0.15) is 51.9 Å². The SMILES string of the molecule is CCCCCCCCOP(C)(=O)CCC(=O)OCCO. The molecule has 0 aliphatic carbocycles. The van der Waals surface area contributed by atoms with Crippen molar-refractivity contribution in [1.29, 1.82) is 0 Å². The number of ether oxygens (including phenoxy) is 1. The molecule has 0 aromatic rings. The number of aliphatic hydroxyl groups excluding tert-OH is 1. The Hall–Kier alpha value is -0.380. The number of carbonyl (C=O) groups is 1. The van der Waals surface area contributed by atoms with Crippen molar-refractivity contribution in [2.24, 2.45) is 0 Å². The van der Waals surface area contributed by atoms with Crippen molar-refractivity contribution >= 4 is 13.3 Å². The average Bonchev–Trinajstić information content (AvgIpc) is 2.42. The zero-order chi connectivity index (χ0) is 15.3. The van der Waals surface area contributed by atoms with Crippen molar-refractivity contribution in [2.45, 2.75) is 51.9 Å². The quantitative estimate of drug-likeness (QED) is 0.321. The predicted molar refractivity (Wildman–Crippen MR) is 80.4 cm³/mol. The third-order valence-corrected chi connectivity index (χ3v) is 4.70. The van der Waals surface area contributed by atoms with Gasteiger partial charge < -0.3 is 14.4 Å². The lowest BCUT2D eigenvalue weighted by atomic mass is 10.1. The van der Waals surface area contributed by atoms with Gasteiger partial charge in [0.05, 0.1) is 19.6 Å². The van der Waals surface area contributed by atoms with Gasteiger partial charge in [-0.25, -0.2) is 0 Å². The van der Waals surface area contributed by atoms with E-state index < -0.39 is 13.3 Å². The molecule has 0 heterocycles. The van der Waals surface area contributed by atoms with Crippen LogP contribution in [-0.2, 0) is 18.6 Å². The number of aliphatic hydroxyl groups is 1.